The normalized spacial score (nSPS) is 10.3. The molecule has 0 bridgehead atoms. The van der Waals surface area contributed by atoms with Gasteiger partial charge in [0.05, 0.1) is 4.92 Å². The van der Waals surface area contributed by atoms with E-state index in [9.17, 15) is 14.9 Å². The molecule has 0 heterocycles. The third-order valence-corrected chi connectivity index (χ3v) is 5.05. The van der Waals surface area contributed by atoms with Gasteiger partial charge in [0.15, 0.2) is 0 Å². The summed E-state index contributed by atoms with van der Waals surface area (Å²) in [5.41, 5.74) is -0.0159. The molecule has 2 N–H and O–H groups in total. The fourth-order valence-electron chi connectivity index (χ4n) is 3.22. The van der Waals surface area contributed by atoms with Crippen LogP contribution >= 0.6 is 0 Å². The van der Waals surface area contributed by atoms with Crippen LogP contribution in [0.15, 0.2) is 24.3 Å². The van der Waals surface area contributed by atoms with Gasteiger partial charge in [-0.2, -0.15) is 0 Å². The van der Waals surface area contributed by atoms with Crippen LogP contribution in [0, 0.1) is 10.1 Å². The molecule has 1 rings (SSSR count). The van der Waals surface area contributed by atoms with Gasteiger partial charge in [-0.15, -0.1) is 0 Å². The zero-order valence-corrected chi connectivity index (χ0v) is 18.7. The van der Waals surface area contributed by atoms with Gasteiger partial charge in [0.2, 0.25) is 0 Å². The first-order valence-electron chi connectivity index (χ1n) is 11.6. The molecule has 0 aromatic heterocycles. The van der Waals surface area contributed by atoms with E-state index in [1.807, 2.05) is 0 Å². The molecule has 0 radical (unpaired) electrons. The van der Waals surface area contributed by atoms with Crippen LogP contribution in [0.5, 0.6) is 5.75 Å². The highest BCUT2D eigenvalue weighted by Crippen LogP contribution is 2.15. The minimum atomic E-state index is -0.653. The number of carboxylic acid groups (broad SMARTS) is 1. The lowest BCUT2D eigenvalue weighted by Crippen LogP contribution is -1.93. The van der Waals surface area contributed by atoms with E-state index in [0.29, 0.717) is 6.42 Å². The maximum Gasteiger partial charge on any atom is 0.303 e. The summed E-state index contributed by atoms with van der Waals surface area (Å²) in [7, 11) is 0. The summed E-state index contributed by atoms with van der Waals surface area (Å²) < 4.78 is 0. The van der Waals surface area contributed by atoms with E-state index in [2.05, 4.69) is 6.92 Å². The van der Waals surface area contributed by atoms with Gasteiger partial charge in [-0.3, -0.25) is 14.9 Å². The second-order valence-corrected chi connectivity index (χ2v) is 7.87. The molecule has 1 aromatic rings. The number of phenols is 1. The van der Waals surface area contributed by atoms with E-state index >= 15 is 0 Å². The summed E-state index contributed by atoms with van der Waals surface area (Å²) in [6.07, 6.45) is 20.2. The van der Waals surface area contributed by atoms with Crippen molar-refractivity contribution in [2.24, 2.45) is 0 Å². The molecule has 0 unspecified atom stereocenters. The molecule has 0 saturated carbocycles. The van der Waals surface area contributed by atoms with Crippen LogP contribution in [-0.4, -0.2) is 21.1 Å². The number of nitro groups is 1. The van der Waals surface area contributed by atoms with Crippen LogP contribution in [0.3, 0.4) is 0 Å². The third kappa shape index (κ3) is 19.2. The van der Waals surface area contributed by atoms with Gasteiger partial charge < -0.3 is 10.2 Å². The number of carbonyl (C=O) groups is 1. The molecular weight excluding hydrogens is 382 g/mol. The van der Waals surface area contributed by atoms with Crippen LogP contribution in [0.1, 0.15) is 110 Å². The van der Waals surface area contributed by atoms with Crippen LogP contribution in [0.25, 0.3) is 0 Å². The van der Waals surface area contributed by atoms with Crippen molar-refractivity contribution in [1.29, 1.82) is 0 Å². The molecule has 1 aromatic carbocycles. The summed E-state index contributed by atoms with van der Waals surface area (Å²) in [6, 6.07) is 5.04. The number of carboxylic acids is 1. The number of hydrogen-bond acceptors (Lipinski definition) is 4. The standard InChI is InChI=1S/C18H36O2.C6H5NO3/c1-2-3-4-5-6-7-8-9-10-11-12-13-14-15-16-17-18(19)20;8-6-3-1-5(2-4-6)7(9)10/h2-17H2,1H3,(H,19,20);1-4,8H. The van der Waals surface area contributed by atoms with Crippen LogP contribution in [0.2, 0.25) is 0 Å². The minimum absolute atomic E-state index is 0.0159. The summed E-state index contributed by atoms with van der Waals surface area (Å²) >= 11 is 0. The molecule has 0 aliphatic carbocycles. The van der Waals surface area contributed by atoms with Crippen molar-refractivity contribution in [2.75, 3.05) is 0 Å². The Hall–Kier alpha value is -2.11. The Kier molecular flexibility index (Phi) is 18.8. The molecule has 0 aliphatic rings. The Balaban J connectivity index is 0.000000696. The fourth-order valence-corrected chi connectivity index (χ4v) is 3.22. The molecule has 172 valence electrons. The predicted octanol–water partition coefficient (Wildman–Crippen LogP) is 7.63. The van der Waals surface area contributed by atoms with Crippen molar-refractivity contribution < 1.29 is 19.9 Å². The zero-order chi connectivity index (χ0) is 22.5. The highest BCUT2D eigenvalue weighted by molar-refractivity contribution is 5.66. The van der Waals surface area contributed by atoms with Gasteiger partial charge in [0.1, 0.15) is 5.75 Å². The second kappa shape index (κ2) is 20.2. The van der Waals surface area contributed by atoms with Crippen LogP contribution < -0.4 is 0 Å². The highest BCUT2D eigenvalue weighted by atomic mass is 16.6. The maximum atomic E-state index is 10.3. The average Bonchev–Trinajstić information content (AvgIpc) is 2.71. The number of hydrogen-bond donors (Lipinski definition) is 2. The number of aromatic hydroxyl groups is 1. The summed E-state index contributed by atoms with van der Waals surface area (Å²) in [4.78, 5) is 19.9. The summed E-state index contributed by atoms with van der Waals surface area (Å²) in [5.74, 6) is -0.620. The Morgan fingerprint density at radius 2 is 1.13 bits per heavy atom. The monoisotopic (exact) mass is 423 g/mol. The molecule has 0 amide bonds. The number of non-ortho nitro benzene ring substituents is 1. The van der Waals surface area contributed by atoms with E-state index in [-0.39, 0.29) is 11.4 Å². The van der Waals surface area contributed by atoms with E-state index in [1.54, 1.807) is 0 Å². The number of benzene rings is 1. The van der Waals surface area contributed by atoms with Crippen molar-refractivity contribution in [3.8, 4) is 5.75 Å². The van der Waals surface area contributed by atoms with Gasteiger partial charge in [-0.25, -0.2) is 0 Å². The van der Waals surface area contributed by atoms with Gasteiger partial charge in [0.25, 0.3) is 5.69 Å². The van der Waals surface area contributed by atoms with E-state index in [0.717, 1.165) is 12.8 Å². The number of unbranched alkanes of at least 4 members (excludes halogenated alkanes) is 14. The summed E-state index contributed by atoms with van der Waals surface area (Å²) in [6.45, 7) is 2.27. The average molecular weight is 424 g/mol. The number of rotatable bonds is 17. The number of nitro benzene ring substituents is 1. The van der Waals surface area contributed by atoms with Gasteiger partial charge in [-0.05, 0) is 18.6 Å². The van der Waals surface area contributed by atoms with Crippen LogP contribution in [-0.2, 0) is 4.79 Å². The molecular formula is C24H41NO5. The number of phenolic OH excluding ortho intramolecular Hbond substituents is 1. The quantitative estimate of drug-likeness (QED) is 0.152. The first kappa shape index (κ1) is 27.9. The van der Waals surface area contributed by atoms with E-state index in [4.69, 9.17) is 10.2 Å². The van der Waals surface area contributed by atoms with Gasteiger partial charge >= 0.3 is 5.97 Å². The smallest absolute Gasteiger partial charge is 0.303 e. The third-order valence-electron chi connectivity index (χ3n) is 5.05. The van der Waals surface area contributed by atoms with E-state index in [1.165, 1.54) is 108 Å². The number of nitrogens with zero attached hydrogens (tertiary/aromatic N) is 1. The van der Waals surface area contributed by atoms with Crippen LogP contribution in [0.4, 0.5) is 5.69 Å². The molecule has 6 heteroatoms. The summed E-state index contributed by atoms with van der Waals surface area (Å²) in [5, 5.41) is 27.3. The highest BCUT2D eigenvalue weighted by Gasteiger charge is 2.01. The molecule has 6 nitrogen and oxygen atoms in total. The fraction of sp³-hybridized carbons (Fsp3) is 0.708. The maximum absolute atomic E-state index is 10.3. The Labute approximate surface area is 181 Å². The number of aliphatic carboxylic acids is 1. The molecule has 0 saturated heterocycles. The van der Waals surface area contributed by atoms with Crippen molar-refractivity contribution in [1.82, 2.24) is 0 Å². The lowest BCUT2D eigenvalue weighted by molar-refractivity contribution is -0.384. The van der Waals surface area contributed by atoms with Crippen molar-refractivity contribution in [3.63, 3.8) is 0 Å². The molecule has 0 aliphatic heterocycles. The minimum Gasteiger partial charge on any atom is -0.508 e. The predicted molar refractivity (Wildman–Crippen MR) is 122 cm³/mol. The SMILES string of the molecule is CCCCCCCCCCCCCCCCCC(=O)O.O=[N+]([O-])c1ccc(O)cc1. The molecule has 0 atom stereocenters. The lowest BCUT2D eigenvalue weighted by Gasteiger charge is -2.03. The van der Waals surface area contributed by atoms with Gasteiger partial charge in [-0.1, -0.05) is 96.8 Å². The first-order valence-corrected chi connectivity index (χ1v) is 11.6. The molecule has 0 fully saturated rings. The van der Waals surface area contributed by atoms with Gasteiger partial charge in [0, 0.05) is 18.6 Å². The van der Waals surface area contributed by atoms with Crippen molar-refractivity contribution in [2.45, 2.75) is 110 Å². The second-order valence-electron chi connectivity index (χ2n) is 7.87. The first-order chi connectivity index (χ1) is 14.5. The van der Waals surface area contributed by atoms with Crippen molar-refractivity contribution >= 4 is 11.7 Å². The largest absolute Gasteiger partial charge is 0.508 e. The Bertz CT molecular complexity index is 545. The Morgan fingerprint density at radius 1 is 0.767 bits per heavy atom. The topological polar surface area (TPSA) is 101 Å². The van der Waals surface area contributed by atoms with E-state index < -0.39 is 10.9 Å². The molecule has 0 spiro atoms. The molecule has 30 heavy (non-hydrogen) atoms. The lowest BCUT2D eigenvalue weighted by atomic mass is 10.0. The zero-order valence-electron chi connectivity index (χ0n) is 18.7. The van der Waals surface area contributed by atoms with Crippen molar-refractivity contribution in [3.05, 3.63) is 34.4 Å². The Morgan fingerprint density at radius 3 is 1.47 bits per heavy atom.